The number of piperazine rings is 1. The molecule has 0 N–H and O–H groups in total. The predicted octanol–water partition coefficient (Wildman–Crippen LogP) is 2.86. The molecular weight excluding hydrogens is 468 g/mol. The Balaban J connectivity index is 1.67. The Labute approximate surface area is 195 Å². The fraction of sp³-hybridized carbons (Fsp3) is 0.400. The molecule has 3 aromatic rings. The lowest BCUT2D eigenvalue weighted by atomic mass is 10.2. The fourth-order valence-corrected chi connectivity index (χ4v) is 6.05. The number of sulfonamides is 1. The molecule has 0 saturated carbocycles. The topological polar surface area (TPSA) is 128 Å². The van der Waals surface area contributed by atoms with Crippen molar-refractivity contribution in [3.63, 3.8) is 0 Å². The van der Waals surface area contributed by atoms with Crippen molar-refractivity contribution in [1.82, 2.24) is 24.0 Å². The third-order valence-electron chi connectivity index (χ3n) is 5.56. The van der Waals surface area contributed by atoms with Crippen molar-refractivity contribution < 1.29 is 17.8 Å². The average Bonchev–Trinajstić information content (AvgIpc) is 3.39. The second-order valence-electron chi connectivity index (χ2n) is 7.64. The molecule has 0 spiro atoms. The summed E-state index contributed by atoms with van der Waals surface area (Å²) in [6.45, 7) is 6.20. The van der Waals surface area contributed by atoms with Gasteiger partial charge in [-0.25, -0.2) is 8.42 Å². The van der Waals surface area contributed by atoms with Crippen molar-refractivity contribution in [3.8, 4) is 11.4 Å². The van der Waals surface area contributed by atoms with E-state index in [0.717, 1.165) is 23.4 Å². The number of rotatable bonds is 7. The number of hydrogen-bond acceptors (Lipinski definition) is 9. The van der Waals surface area contributed by atoms with Crippen molar-refractivity contribution in [1.29, 1.82) is 0 Å². The molecular formula is C20H24N6O5S2. The van der Waals surface area contributed by atoms with Gasteiger partial charge in [-0.1, -0.05) is 0 Å². The standard InChI is InChI=1S/C20H24N6O5S2/c1-4-25-19(16-7-12-31-14(16)2)21-22-20(25)32-18-6-5-15(13-17(18)26(27)28)33(29,30)24-10-8-23(3)9-11-24/h5-7,12-13H,4,8-11H2,1-3H3. The monoisotopic (exact) mass is 492 g/mol. The minimum Gasteiger partial charge on any atom is -0.469 e. The number of aromatic nitrogens is 3. The number of nitro groups is 1. The summed E-state index contributed by atoms with van der Waals surface area (Å²) in [6, 6.07) is 5.80. The van der Waals surface area contributed by atoms with Gasteiger partial charge >= 0.3 is 0 Å². The van der Waals surface area contributed by atoms with E-state index >= 15 is 0 Å². The van der Waals surface area contributed by atoms with E-state index in [0.29, 0.717) is 49.5 Å². The molecule has 3 heterocycles. The lowest BCUT2D eigenvalue weighted by Gasteiger charge is -2.31. The zero-order valence-corrected chi connectivity index (χ0v) is 20.1. The highest BCUT2D eigenvalue weighted by Crippen LogP contribution is 2.37. The summed E-state index contributed by atoms with van der Waals surface area (Å²) in [5.74, 6) is 1.29. The van der Waals surface area contributed by atoms with Crippen LogP contribution in [0.1, 0.15) is 12.7 Å². The number of benzene rings is 1. The van der Waals surface area contributed by atoms with E-state index in [4.69, 9.17) is 4.42 Å². The predicted molar refractivity (Wildman–Crippen MR) is 122 cm³/mol. The van der Waals surface area contributed by atoms with Gasteiger partial charge in [0.05, 0.1) is 26.5 Å². The maximum absolute atomic E-state index is 13.0. The Hall–Kier alpha value is -2.74. The molecule has 13 heteroatoms. The van der Waals surface area contributed by atoms with Crippen LogP contribution in [0.25, 0.3) is 11.4 Å². The van der Waals surface area contributed by atoms with Gasteiger partial charge in [0.1, 0.15) is 5.76 Å². The highest BCUT2D eigenvalue weighted by atomic mass is 32.2. The molecule has 176 valence electrons. The molecule has 11 nitrogen and oxygen atoms in total. The fourth-order valence-electron chi connectivity index (χ4n) is 3.63. The van der Waals surface area contributed by atoms with Crippen LogP contribution in [0, 0.1) is 17.0 Å². The Morgan fingerprint density at radius 2 is 1.91 bits per heavy atom. The van der Waals surface area contributed by atoms with Crippen molar-refractivity contribution in [2.75, 3.05) is 33.2 Å². The van der Waals surface area contributed by atoms with Gasteiger partial charge in [-0.2, -0.15) is 4.31 Å². The Bertz CT molecular complexity index is 1280. The third-order valence-corrected chi connectivity index (χ3v) is 8.51. The number of likely N-dealkylation sites (N-methyl/N-ethyl adjacent to an activating group) is 1. The Morgan fingerprint density at radius 1 is 1.18 bits per heavy atom. The number of nitrogens with zero attached hydrogens (tertiary/aromatic N) is 6. The van der Waals surface area contributed by atoms with Gasteiger partial charge < -0.3 is 13.9 Å². The van der Waals surface area contributed by atoms with Crippen LogP contribution in [-0.2, 0) is 16.6 Å². The summed E-state index contributed by atoms with van der Waals surface area (Å²) >= 11 is 1.07. The minimum absolute atomic E-state index is 0.0882. The van der Waals surface area contributed by atoms with E-state index < -0.39 is 14.9 Å². The molecule has 0 bridgehead atoms. The van der Waals surface area contributed by atoms with Gasteiger partial charge in [-0.15, -0.1) is 10.2 Å². The smallest absolute Gasteiger partial charge is 0.284 e. The first-order chi connectivity index (χ1) is 15.7. The SMILES string of the molecule is CCn1c(Sc2ccc(S(=O)(=O)N3CCN(C)CC3)cc2[N+](=O)[O-])nnc1-c1ccoc1C. The van der Waals surface area contributed by atoms with Crippen molar-refractivity contribution >= 4 is 27.5 Å². The van der Waals surface area contributed by atoms with Crippen molar-refractivity contribution in [2.24, 2.45) is 0 Å². The summed E-state index contributed by atoms with van der Waals surface area (Å²) < 4.78 is 34.7. The Kier molecular flexibility index (Phi) is 6.56. The van der Waals surface area contributed by atoms with Crippen LogP contribution in [-0.4, -0.2) is 70.5 Å². The molecule has 33 heavy (non-hydrogen) atoms. The van der Waals surface area contributed by atoms with Crippen molar-refractivity contribution in [2.45, 2.75) is 35.3 Å². The molecule has 0 radical (unpaired) electrons. The first-order valence-electron chi connectivity index (χ1n) is 10.3. The first-order valence-corrected chi connectivity index (χ1v) is 12.6. The average molecular weight is 493 g/mol. The van der Waals surface area contributed by atoms with E-state index in [9.17, 15) is 18.5 Å². The van der Waals surface area contributed by atoms with Crippen LogP contribution < -0.4 is 0 Å². The van der Waals surface area contributed by atoms with Gasteiger partial charge in [0.25, 0.3) is 5.69 Å². The molecule has 1 fully saturated rings. The van der Waals surface area contributed by atoms with Crippen LogP contribution >= 0.6 is 11.8 Å². The first kappa shape index (κ1) is 23.4. The van der Waals surface area contributed by atoms with Gasteiger partial charge in [-0.05, 0) is 50.9 Å². The summed E-state index contributed by atoms with van der Waals surface area (Å²) in [7, 11) is -1.90. The lowest BCUT2D eigenvalue weighted by molar-refractivity contribution is -0.388. The van der Waals surface area contributed by atoms with E-state index in [-0.39, 0.29) is 15.5 Å². The van der Waals surface area contributed by atoms with E-state index in [1.807, 2.05) is 30.4 Å². The zero-order chi connectivity index (χ0) is 23.8. The van der Waals surface area contributed by atoms with Crippen LogP contribution in [0.4, 0.5) is 5.69 Å². The summed E-state index contributed by atoms with van der Waals surface area (Å²) in [5, 5.41) is 20.7. The molecule has 0 atom stereocenters. The molecule has 1 saturated heterocycles. The normalized spacial score (nSPS) is 15.7. The van der Waals surface area contributed by atoms with Crippen LogP contribution in [0.2, 0.25) is 0 Å². The molecule has 0 aliphatic carbocycles. The number of nitro benzene ring substituents is 1. The molecule has 2 aromatic heterocycles. The maximum atomic E-state index is 13.0. The molecule has 1 aliphatic heterocycles. The molecule has 0 amide bonds. The highest BCUT2D eigenvalue weighted by Gasteiger charge is 2.30. The molecule has 1 aliphatic rings. The molecule has 4 rings (SSSR count). The maximum Gasteiger partial charge on any atom is 0.284 e. The minimum atomic E-state index is -3.82. The van der Waals surface area contributed by atoms with Gasteiger partial charge in [0.15, 0.2) is 11.0 Å². The van der Waals surface area contributed by atoms with Gasteiger partial charge in [-0.3, -0.25) is 10.1 Å². The summed E-state index contributed by atoms with van der Waals surface area (Å²) in [4.78, 5) is 13.5. The second kappa shape index (κ2) is 9.25. The highest BCUT2D eigenvalue weighted by molar-refractivity contribution is 7.99. The second-order valence-corrected chi connectivity index (χ2v) is 10.6. The van der Waals surface area contributed by atoms with E-state index in [2.05, 4.69) is 10.2 Å². The largest absolute Gasteiger partial charge is 0.469 e. The zero-order valence-electron chi connectivity index (χ0n) is 18.5. The quantitative estimate of drug-likeness (QED) is 0.361. The number of hydrogen-bond donors (Lipinski definition) is 0. The van der Waals surface area contributed by atoms with Crippen molar-refractivity contribution in [3.05, 3.63) is 46.4 Å². The van der Waals surface area contributed by atoms with E-state index in [1.165, 1.54) is 16.4 Å². The third kappa shape index (κ3) is 4.53. The number of aryl methyl sites for hydroxylation is 1. The van der Waals surface area contributed by atoms with Crippen LogP contribution in [0.3, 0.4) is 0 Å². The Morgan fingerprint density at radius 3 is 2.52 bits per heavy atom. The molecule has 0 unspecified atom stereocenters. The summed E-state index contributed by atoms with van der Waals surface area (Å²) in [5.41, 5.74) is 0.501. The van der Waals surface area contributed by atoms with E-state index in [1.54, 1.807) is 12.3 Å². The van der Waals surface area contributed by atoms with Gasteiger partial charge in [0, 0.05) is 38.8 Å². The van der Waals surface area contributed by atoms with Crippen LogP contribution in [0.15, 0.2) is 49.9 Å². The number of furan rings is 1. The summed E-state index contributed by atoms with van der Waals surface area (Å²) in [6.07, 6.45) is 1.57. The lowest BCUT2D eigenvalue weighted by Crippen LogP contribution is -2.47. The van der Waals surface area contributed by atoms with Gasteiger partial charge in [0.2, 0.25) is 10.0 Å². The van der Waals surface area contributed by atoms with Crippen LogP contribution in [0.5, 0.6) is 0 Å². The molecule has 1 aromatic carbocycles.